The highest BCUT2D eigenvalue weighted by Gasteiger charge is 2.16. The van der Waals surface area contributed by atoms with Crippen LogP contribution in [-0.2, 0) is 4.79 Å². The van der Waals surface area contributed by atoms with Crippen molar-refractivity contribution in [2.75, 3.05) is 5.32 Å². The molecule has 0 spiro atoms. The van der Waals surface area contributed by atoms with Crippen molar-refractivity contribution in [3.8, 4) is 5.75 Å². The fraction of sp³-hybridized carbons (Fsp3) is 0.133. The first-order chi connectivity index (χ1) is 9.95. The minimum absolute atomic E-state index is 0.120. The molecule has 2 aromatic rings. The van der Waals surface area contributed by atoms with Crippen LogP contribution in [0.2, 0.25) is 0 Å². The van der Waals surface area contributed by atoms with Crippen LogP contribution in [0.1, 0.15) is 6.92 Å². The van der Waals surface area contributed by atoms with E-state index in [2.05, 4.69) is 37.2 Å². The maximum Gasteiger partial charge on any atom is 0.265 e. The number of amides is 1. The van der Waals surface area contributed by atoms with Crippen molar-refractivity contribution in [1.29, 1.82) is 0 Å². The summed E-state index contributed by atoms with van der Waals surface area (Å²) in [5.74, 6) is -0.357. The van der Waals surface area contributed by atoms with E-state index >= 15 is 0 Å². The molecule has 1 N–H and O–H groups in total. The molecule has 0 bridgehead atoms. The normalized spacial score (nSPS) is 11.8. The number of carbonyl (C=O) groups excluding carboxylic acids is 1. The molecule has 2 aromatic carbocycles. The van der Waals surface area contributed by atoms with Gasteiger partial charge in [0.1, 0.15) is 11.6 Å². The minimum Gasteiger partial charge on any atom is -0.481 e. The lowest BCUT2D eigenvalue weighted by Crippen LogP contribution is -2.30. The first-order valence-corrected chi connectivity index (χ1v) is 7.72. The number of hydrogen-bond acceptors (Lipinski definition) is 2. The molecule has 0 aliphatic rings. The third-order valence-electron chi connectivity index (χ3n) is 2.68. The number of benzene rings is 2. The van der Waals surface area contributed by atoms with Gasteiger partial charge in [0.05, 0.1) is 5.69 Å². The van der Waals surface area contributed by atoms with Gasteiger partial charge in [-0.3, -0.25) is 4.79 Å². The van der Waals surface area contributed by atoms with Crippen molar-refractivity contribution in [2.24, 2.45) is 0 Å². The molecule has 0 aromatic heterocycles. The van der Waals surface area contributed by atoms with E-state index in [0.29, 0.717) is 10.2 Å². The molecule has 110 valence electrons. The molecule has 21 heavy (non-hydrogen) atoms. The van der Waals surface area contributed by atoms with Crippen LogP contribution in [-0.4, -0.2) is 12.0 Å². The smallest absolute Gasteiger partial charge is 0.265 e. The topological polar surface area (TPSA) is 38.3 Å². The molecular weight excluding hydrogens is 405 g/mol. The molecule has 0 radical (unpaired) electrons. The number of rotatable bonds is 4. The van der Waals surface area contributed by atoms with Crippen LogP contribution in [0.25, 0.3) is 0 Å². The lowest BCUT2D eigenvalue weighted by Gasteiger charge is -2.15. The van der Waals surface area contributed by atoms with E-state index in [0.717, 1.165) is 4.47 Å². The highest BCUT2D eigenvalue weighted by molar-refractivity contribution is 9.10. The molecule has 0 fully saturated rings. The van der Waals surface area contributed by atoms with E-state index in [-0.39, 0.29) is 5.69 Å². The summed E-state index contributed by atoms with van der Waals surface area (Å²) in [6.45, 7) is 1.61. The van der Waals surface area contributed by atoms with Crippen molar-refractivity contribution < 1.29 is 13.9 Å². The van der Waals surface area contributed by atoms with Crippen molar-refractivity contribution in [1.82, 2.24) is 0 Å². The fourth-order valence-electron chi connectivity index (χ4n) is 1.60. The Bertz CT molecular complexity index is 647. The van der Waals surface area contributed by atoms with E-state index in [4.69, 9.17) is 4.74 Å². The van der Waals surface area contributed by atoms with Crippen LogP contribution in [0.15, 0.2) is 51.4 Å². The zero-order chi connectivity index (χ0) is 15.4. The summed E-state index contributed by atoms with van der Waals surface area (Å²) in [6, 6.07) is 11.5. The Morgan fingerprint density at radius 3 is 2.38 bits per heavy atom. The Morgan fingerprint density at radius 1 is 1.14 bits per heavy atom. The summed E-state index contributed by atoms with van der Waals surface area (Å²) < 4.78 is 20.7. The molecule has 0 saturated carbocycles. The highest BCUT2D eigenvalue weighted by Crippen LogP contribution is 2.21. The maximum absolute atomic E-state index is 13.7. The first-order valence-electron chi connectivity index (χ1n) is 6.14. The number of hydrogen-bond donors (Lipinski definition) is 1. The lowest BCUT2D eigenvalue weighted by molar-refractivity contribution is -0.122. The van der Waals surface area contributed by atoms with E-state index < -0.39 is 17.8 Å². The van der Waals surface area contributed by atoms with Crippen LogP contribution >= 0.6 is 31.9 Å². The van der Waals surface area contributed by atoms with Crippen LogP contribution in [0.4, 0.5) is 10.1 Å². The lowest BCUT2D eigenvalue weighted by atomic mass is 10.3. The fourth-order valence-corrected chi connectivity index (χ4v) is 2.19. The van der Waals surface area contributed by atoms with Gasteiger partial charge in [0.25, 0.3) is 5.91 Å². The van der Waals surface area contributed by atoms with Crippen LogP contribution in [0, 0.1) is 5.82 Å². The predicted molar refractivity (Wildman–Crippen MR) is 87.0 cm³/mol. The molecular formula is C15H12Br2FNO2. The van der Waals surface area contributed by atoms with Crippen LogP contribution in [0.3, 0.4) is 0 Å². The van der Waals surface area contributed by atoms with Gasteiger partial charge in [-0.15, -0.1) is 0 Å². The van der Waals surface area contributed by atoms with E-state index in [1.165, 1.54) is 12.1 Å². The quantitative estimate of drug-likeness (QED) is 0.780. The van der Waals surface area contributed by atoms with Gasteiger partial charge in [0, 0.05) is 8.95 Å². The minimum atomic E-state index is -0.741. The predicted octanol–water partition coefficient (Wildman–Crippen LogP) is 4.76. The summed E-state index contributed by atoms with van der Waals surface area (Å²) in [5, 5.41) is 2.50. The molecule has 3 nitrogen and oxygen atoms in total. The maximum atomic E-state index is 13.7. The summed E-state index contributed by atoms with van der Waals surface area (Å²) in [7, 11) is 0. The third kappa shape index (κ3) is 4.54. The zero-order valence-electron chi connectivity index (χ0n) is 11.1. The largest absolute Gasteiger partial charge is 0.481 e. The van der Waals surface area contributed by atoms with Gasteiger partial charge in [0.2, 0.25) is 0 Å². The molecule has 6 heteroatoms. The molecule has 0 unspecified atom stereocenters. The van der Waals surface area contributed by atoms with Crippen molar-refractivity contribution in [3.63, 3.8) is 0 Å². The van der Waals surface area contributed by atoms with Gasteiger partial charge >= 0.3 is 0 Å². The van der Waals surface area contributed by atoms with Crippen molar-refractivity contribution in [2.45, 2.75) is 13.0 Å². The van der Waals surface area contributed by atoms with Gasteiger partial charge < -0.3 is 10.1 Å². The summed E-state index contributed by atoms with van der Waals surface area (Å²) in [6.07, 6.45) is -0.741. The second kappa shape index (κ2) is 7.04. The number of carbonyl (C=O) groups is 1. The SMILES string of the molecule is C[C@H](Oc1ccc(Br)cc1)C(=O)Nc1ccc(Br)cc1F. The monoisotopic (exact) mass is 415 g/mol. The summed E-state index contributed by atoms with van der Waals surface area (Å²) in [5.41, 5.74) is 0.120. The molecule has 0 aliphatic heterocycles. The van der Waals surface area contributed by atoms with Gasteiger partial charge in [0.15, 0.2) is 6.10 Å². The van der Waals surface area contributed by atoms with Gasteiger partial charge in [-0.05, 0) is 49.4 Å². The van der Waals surface area contributed by atoms with Crippen LogP contribution < -0.4 is 10.1 Å². The van der Waals surface area contributed by atoms with Crippen LogP contribution in [0.5, 0.6) is 5.75 Å². The molecule has 0 heterocycles. The standard InChI is InChI=1S/C15H12Br2FNO2/c1-9(21-12-5-2-10(16)3-6-12)15(20)19-14-7-4-11(17)8-13(14)18/h2-9H,1H3,(H,19,20)/t9-/m0/s1. The van der Waals surface area contributed by atoms with E-state index in [9.17, 15) is 9.18 Å². The zero-order valence-corrected chi connectivity index (χ0v) is 14.2. The third-order valence-corrected chi connectivity index (χ3v) is 3.71. The Labute approximate surface area is 138 Å². The van der Waals surface area contributed by atoms with E-state index in [1.807, 2.05) is 12.1 Å². The summed E-state index contributed by atoms with van der Waals surface area (Å²) in [4.78, 5) is 12.0. The van der Waals surface area contributed by atoms with E-state index in [1.54, 1.807) is 25.1 Å². The van der Waals surface area contributed by atoms with Crippen molar-refractivity contribution >= 4 is 43.5 Å². The average Bonchev–Trinajstić information content (AvgIpc) is 2.44. The number of halogens is 3. The molecule has 1 atom stereocenters. The molecule has 2 rings (SSSR count). The Kier molecular flexibility index (Phi) is 5.36. The molecule has 0 saturated heterocycles. The van der Waals surface area contributed by atoms with Gasteiger partial charge in [-0.2, -0.15) is 0 Å². The van der Waals surface area contributed by atoms with Gasteiger partial charge in [-0.25, -0.2) is 4.39 Å². The Morgan fingerprint density at radius 2 is 1.76 bits per heavy atom. The summed E-state index contributed by atoms with van der Waals surface area (Å²) >= 11 is 6.48. The number of anilines is 1. The molecule has 0 aliphatic carbocycles. The number of nitrogens with one attached hydrogen (secondary N) is 1. The first kappa shape index (κ1) is 16.0. The second-order valence-electron chi connectivity index (χ2n) is 4.33. The average molecular weight is 417 g/mol. The Hall–Kier alpha value is -1.40. The molecule has 1 amide bonds. The second-order valence-corrected chi connectivity index (χ2v) is 6.16. The Balaban J connectivity index is 2.00. The number of ether oxygens (including phenoxy) is 1. The van der Waals surface area contributed by atoms with Gasteiger partial charge in [-0.1, -0.05) is 31.9 Å². The van der Waals surface area contributed by atoms with Crippen molar-refractivity contribution in [3.05, 3.63) is 57.2 Å². The highest BCUT2D eigenvalue weighted by atomic mass is 79.9.